The maximum atomic E-state index is 2.40. The predicted octanol–water partition coefficient (Wildman–Crippen LogP) is 3.30. The van der Waals surface area contributed by atoms with Crippen molar-refractivity contribution in [2.24, 2.45) is 11.3 Å². The smallest absolute Gasteiger partial charge is 0.0111 e. The molecule has 0 saturated heterocycles. The van der Waals surface area contributed by atoms with Crippen LogP contribution in [0.25, 0.3) is 0 Å². The molecule has 0 amide bonds. The van der Waals surface area contributed by atoms with E-state index in [9.17, 15) is 0 Å². The molecule has 2 bridgehead atoms. The van der Waals surface area contributed by atoms with Gasteiger partial charge in [0.1, 0.15) is 0 Å². The molecule has 1 heteroatoms. The summed E-state index contributed by atoms with van der Waals surface area (Å²) in [7, 11) is 0. The highest BCUT2D eigenvalue weighted by molar-refractivity contribution is 5.32. The van der Waals surface area contributed by atoms with E-state index in [-0.39, 0.29) is 6.15 Å². The minimum atomic E-state index is 0. The number of hydrogen-bond donors (Lipinski definition) is 1. The highest BCUT2D eigenvalue weighted by Crippen LogP contribution is 2.58. The summed E-state index contributed by atoms with van der Waals surface area (Å²) in [4.78, 5) is 0. The van der Waals surface area contributed by atoms with E-state index in [1.54, 1.807) is 11.1 Å². The van der Waals surface area contributed by atoms with Gasteiger partial charge in [-0.3, -0.25) is 0 Å². The monoisotopic (exact) mass is 153 g/mol. The fraction of sp³-hybridized carbons (Fsp3) is 0.800. The molecule has 64 valence electrons. The molecule has 0 radical (unpaired) electrons. The number of fused-ring (bicyclic) bond motifs is 2. The van der Waals surface area contributed by atoms with E-state index in [2.05, 4.69) is 20.8 Å². The molecule has 0 aromatic heterocycles. The van der Waals surface area contributed by atoms with E-state index in [1.165, 1.54) is 19.3 Å². The Labute approximate surface area is 69.5 Å². The minimum Gasteiger partial charge on any atom is -0.344 e. The lowest BCUT2D eigenvalue weighted by Crippen LogP contribution is -2.41. The van der Waals surface area contributed by atoms with Crippen molar-refractivity contribution >= 4 is 0 Å². The van der Waals surface area contributed by atoms with Crippen LogP contribution in [0.3, 0.4) is 0 Å². The Morgan fingerprint density at radius 2 is 2.00 bits per heavy atom. The summed E-state index contributed by atoms with van der Waals surface area (Å²) >= 11 is 0. The van der Waals surface area contributed by atoms with Gasteiger partial charge in [0, 0.05) is 0 Å². The molecule has 3 aliphatic rings. The lowest BCUT2D eigenvalue weighted by molar-refractivity contribution is 0.133. The maximum Gasteiger partial charge on any atom is -0.0111 e. The van der Waals surface area contributed by atoms with Crippen molar-refractivity contribution in [3.05, 3.63) is 11.1 Å². The fourth-order valence-corrected chi connectivity index (χ4v) is 2.61. The summed E-state index contributed by atoms with van der Waals surface area (Å²) < 4.78 is 0. The number of allylic oxidation sites excluding steroid dienone is 2. The number of rotatable bonds is 0. The van der Waals surface area contributed by atoms with Gasteiger partial charge in [-0.25, -0.2) is 0 Å². The third kappa shape index (κ3) is 0.943. The van der Waals surface area contributed by atoms with Crippen molar-refractivity contribution in [2.75, 3.05) is 0 Å². The van der Waals surface area contributed by atoms with Gasteiger partial charge >= 0.3 is 0 Å². The average molecular weight is 153 g/mol. The number of hydrogen-bond acceptors (Lipinski definition) is 1. The van der Waals surface area contributed by atoms with E-state index in [1.807, 2.05) is 0 Å². The van der Waals surface area contributed by atoms with Crippen LogP contribution in [-0.4, -0.2) is 0 Å². The molecule has 3 N–H and O–H groups in total. The average Bonchev–Trinajstić information content (AvgIpc) is 1.87. The highest BCUT2D eigenvalue weighted by atomic mass is 14.5. The van der Waals surface area contributed by atoms with Crippen molar-refractivity contribution in [1.82, 2.24) is 6.15 Å². The standard InChI is InChI=1S/C10H16.H3N/c1-7-4-5-8-6-9(7)10(8,2)3;/h8H,4-6H2,1-3H3;1H3. The van der Waals surface area contributed by atoms with E-state index in [4.69, 9.17) is 0 Å². The molecule has 0 aliphatic heterocycles. The van der Waals surface area contributed by atoms with Crippen LogP contribution in [-0.2, 0) is 0 Å². The van der Waals surface area contributed by atoms with Crippen LogP contribution in [0.4, 0.5) is 0 Å². The third-order valence-electron chi connectivity index (χ3n) is 3.63. The molecule has 0 heterocycles. The second kappa shape index (κ2) is 2.34. The summed E-state index contributed by atoms with van der Waals surface area (Å²) in [6, 6.07) is 0. The summed E-state index contributed by atoms with van der Waals surface area (Å²) in [6.07, 6.45) is 4.24. The Hall–Kier alpha value is -0.300. The van der Waals surface area contributed by atoms with Crippen molar-refractivity contribution in [2.45, 2.75) is 40.0 Å². The first kappa shape index (κ1) is 8.79. The van der Waals surface area contributed by atoms with Crippen LogP contribution < -0.4 is 6.15 Å². The van der Waals surface area contributed by atoms with Crippen molar-refractivity contribution < 1.29 is 0 Å². The zero-order valence-corrected chi connectivity index (χ0v) is 7.91. The zero-order valence-electron chi connectivity index (χ0n) is 7.91. The first-order chi connectivity index (χ1) is 4.62. The summed E-state index contributed by atoms with van der Waals surface area (Å²) in [5.41, 5.74) is 4.04. The third-order valence-corrected chi connectivity index (χ3v) is 3.63. The largest absolute Gasteiger partial charge is 0.344 e. The Bertz CT molecular complexity index is 201. The topological polar surface area (TPSA) is 35.0 Å². The van der Waals surface area contributed by atoms with Crippen LogP contribution in [0, 0.1) is 11.3 Å². The van der Waals surface area contributed by atoms with Gasteiger partial charge in [0.15, 0.2) is 0 Å². The highest BCUT2D eigenvalue weighted by Gasteiger charge is 2.46. The van der Waals surface area contributed by atoms with Gasteiger partial charge in [-0.05, 0) is 37.5 Å². The Morgan fingerprint density at radius 3 is 2.27 bits per heavy atom. The molecule has 3 aliphatic carbocycles. The molecule has 1 unspecified atom stereocenters. The Balaban J connectivity index is 0.000000605. The zero-order chi connectivity index (χ0) is 7.35. The molecule has 1 fully saturated rings. The van der Waals surface area contributed by atoms with Gasteiger partial charge in [-0.15, -0.1) is 0 Å². The molecule has 1 saturated carbocycles. The lowest BCUT2D eigenvalue weighted by Gasteiger charge is -2.52. The fourth-order valence-electron chi connectivity index (χ4n) is 2.61. The quantitative estimate of drug-likeness (QED) is 0.532. The molecule has 0 spiro atoms. The molecule has 0 aromatic rings. The van der Waals surface area contributed by atoms with Gasteiger partial charge in [0.2, 0.25) is 0 Å². The van der Waals surface area contributed by atoms with Crippen LogP contribution in [0.2, 0.25) is 0 Å². The van der Waals surface area contributed by atoms with Gasteiger partial charge in [-0.1, -0.05) is 25.0 Å². The predicted molar refractivity (Wildman–Crippen MR) is 48.8 cm³/mol. The Morgan fingerprint density at radius 1 is 1.36 bits per heavy atom. The molecule has 3 rings (SSSR count). The van der Waals surface area contributed by atoms with E-state index in [0.29, 0.717) is 5.41 Å². The van der Waals surface area contributed by atoms with Crippen molar-refractivity contribution in [3.63, 3.8) is 0 Å². The van der Waals surface area contributed by atoms with Gasteiger partial charge in [-0.2, -0.15) is 0 Å². The summed E-state index contributed by atoms with van der Waals surface area (Å²) in [5, 5.41) is 0. The second-order valence-corrected chi connectivity index (χ2v) is 4.42. The van der Waals surface area contributed by atoms with Gasteiger partial charge < -0.3 is 6.15 Å². The van der Waals surface area contributed by atoms with Crippen LogP contribution in [0.5, 0.6) is 0 Å². The van der Waals surface area contributed by atoms with E-state index < -0.39 is 0 Å². The van der Waals surface area contributed by atoms with Crippen LogP contribution in [0.1, 0.15) is 40.0 Å². The van der Waals surface area contributed by atoms with Crippen molar-refractivity contribution in [1.29, 1.82) is 0 Å². The summed E-state index contributed by atoms with van der Waals surface area (Å²) in [5.74, 6) is 1.02. The normalized spacial score (nSPS) is 32.5. The first-order valence-corrected chi connectivity index (χ1v) is 4.31. The van der Waals surface area contributed by atoms with E-state index in [0.717, 1.165) is 5.92 Å². The molecule has 11 heavy (non-hydrogen) atoms. The minimum absolute atomic E-state index is 0. The van der Waals surface area contributed by atoms with Gasteiger partial charge in [0.05, 0.1) is 0 Å². The molecule has 1 atom stereocenters. The molecule has 0 aromatic carbocycles. The van der Waals surface area contributed by atoms with E-state index >= 15 is 0 Å². The lowest BCUT2D eigenvalue weighted by atomic mass is 9.52. The second-order valence-electron chi connectivity index (χ2n) is 4.42. The Kier molecular flexibility index (Phi) is 1.87. The SMILES string of the molecule is CC1=C2CC(CC1)C2(C)C.N. The maximum absolute atomic E-state index is 2.40. The van der Waals surface area contributed by atoms with Crippen molar-refractivity contribution in [3.8, 4) is 0 Å². The van der Waals surface area contributed by atoms with Gasteiger partial charge in [0.25, 0.3) is 0 Å². The molecule has 1 nitrogen and oxygen atoms in total. The molecular weight excluding hydrogens is 134 g/mol. The molecular formula is C10H19N. The summed E-state index contributed by atoms with van der Waals surface area (Å²) in [6.45, 7) is 7.12. The first-order valence-electron chi connectivity index (χ1n) is 4.31. The van der Waals surface area contributed by atoms with Crippen LogP contribution >= 0.6 is 0 Å². The van der Waals surface area contributed by atoms with Crippen LogP contribution in [0.15, 0.2) is 11.1 Å².